The molecule has 0 amide bonds. The van der Waals surface area contributed by atoms with Crippen LogP contribution in [0.4, 0.5) is 5.82 Å². The summed E-state index contributed by atoms with van der Waals surface area (Å²) >= 11 is 0. The molecule has 0 saturated heterocycles. The SMILES string of the molecule is Cc1ccnc(N)c1C(N)C1Cc2ccccc2C1. The molecule has 3 rings (SSSR count). The minimum atomic E-state index is -0.0406. The lowest BCUT2D eigenvalue weighted by atomic mass is 9.89. The Morgan fingerprint density at radius 3 is 2.37 bits per heavy atom. The van der Waals surface area contributed by atoms with Crippen molar-refractivity contribution in [2.45, 2.75) is 25.8 Å². The zero-order chi connectivity index (χ0) is 13.4. The number of hydrogen-bond donors (Lipinski definition) is 2. The van der Waals surface area contributed by atoms with Gasteiger partial charge in [0, 0.05) is 17.8 Å². The summed E-state index contributed by atoms with van der Waals surface area (Å²) in [7, 11) is 0. The van der Waals surface area contributed by atoms with Crippen molar-refractivity contribution in [2.24, 2.45) is 11.7 Å². The Bertz CT molecular complexity index is 561. The number of nitrogens with zero attached hydrogens (tertiary/aromatic N) is 1. The number of nitrogen functional groups attached to an aromatic ring is 1. The molecule has 1 aromatic carbocycles. The van der Waals surface area contributed by atoms with Crippen molar-refractivity contribution in [3.05, 3.63) is 58.8 Å². The molecule has 3 heteroatoms. The summed E-state index contributed by atoms with van der Waals surface area (Å²) in [6.45, 7) is 2.05. The third-order valence-electron chi connectivity index (χ3n) is 4.16. The molecule has 98 valence electrons. The monoisotopic (exact) mass is 253 g/mol. The minimum absolute atomic E-state index is 0.0406. The average Bonchev–Trinajstić information content (AvgIpc) is 2.82. The highest BCUT2D eigenvalue weighted by molar-refractivity contribution is 5.47. The molecule has 19 heavy (non-hydrogen) atoms. The van der Waals surface area contributed by atoms with E-state index in [0.29, 0.717) is 11.7 Å². The molecule has 1 atom stereocenters. The first-order valence-corrected chi connectivity index (χ1v) is 6.70. The topological polar surface area (TPSA) is 64.9 Å². The van der Waals surface area contributed by atoms with Crippen LogP contribution in [-0.2, 0) is 12.8 Å². The first-order chi connectivity index (χ1) is 9.16. The number of hydrogen-bond acceptors (Lipinski definition) is 3. The van der Waals surface area contributed by atoms with Crippen molar-refractivity contribution >= 4 is 5.82 Å². The Kier molecular flexibility index (Phi) is 2.99. The predicted octanol–water partition coefficient (Wildman–Crippen LogP) is 2.39. The van der Waals surface area contributed by atoms with Crippen molar-refractivity contribution in [3.8, 4) is 0 Å². The molecule has 1 unspecified atom stereocenters. The summed E-state index contributed by atoms with van der Waals surface area (Å²) in [6.07, 6.45) is 3.81. The minimum Gasteiger partial charge on any atom is -0.383 e. The summed E-state index contributed by atoms with van der Waals surface area (Å²) in [5.41, 5.74) is 17.5. The molecule has 0 radical (unpaired) electrons. The highest BCUT2D eigenvalue weighted by atomic mass is 14.8. The van der Waals surface area contributed by atoms with Crippen LogP contribution in [-0.4, -0.2) is 4.98 Å². The van der Waals surface area contributed by atoms with Gasteiger partial charge in [-0.1, -0.05) is 24.3 Å². The summed E-state index contributed by atoms with van der Waals surface area (Å²) in [6, 6.07) is 10.5. The van der Waals surface area contributed by atoms with Crippen molar-refractivity contribution in [3.63, 3.8) is 0 Å². The van der Waals surface area contributed by atoms with Gasteiger partial charge < -0.3 is 11.5 Å². The first-order valence-electron chi connectivity index (χ1n) is 6.70. The second-order valence-electron chi connectivity index (χ2n) is 5.39. The van der Waals surface area contributed by atoms with Crippen LogP contribution in [0.2, 0.25) is 0 Å². The van der Waals surface area contributed by atoms with Gasteiger partial charge in [-0.15, -0.1) is 0 Å². The Morgan fingerprint density at radius 1 is 1.16 bits per heavy atom. The molecular weight excluding hydrogens is 234 g/mol. The van der Waals surface area contributed by atoms with Crippen molar-refractivity contribution in [1.82, 2.24) is 4.98 Å². The molecule has 3 nitrogen and oxygen atoms in total. The molecule has 1 aliphatic carbocycles. The van der Waals surface area contributed by atoms with E-state index in [2.05, 4.69) is 36.2 Å². The van der Waals surface area contributed by atoms with Gasteiger partial charge in [0.2, 0.25) is 0 Å². The lowest BCUT2D eigenvalue weighted by Gasteiger charge is -2.22. The summed E-state index contributed by atoms with van der Waals surface area (Å²) in [5, 5.41) is 0. The second-order valence-corrected chi connectivity index (χ2v) is 5.39. The normalized spacial score (nSPS) is 16.3. The number of anilines is 1. The van der Waals surface area contributed by atoms with E-state index < -0.39 is 0 Å². The second kappa shape index (κ2) is 4.67. The maximum absolute atomic E-state index is 6.46. The van der Waals surface area contributed by atoms with Gasteiger partial charge >= 0.3 is 0 Å². The first kappa shape index (κ1) is 12.2. The number of aryl methyl sites for hydroxylation is 1. The summed E-state index contributed by atoms with van der Waals surface area (Å²) in [4.78, 5) is 4.18. The Morgan fingerprint density at radius 2 is 1.79 bits per heavy atom. The standard InChI is InChI=1S/C16H19N3/c1-10-6-7-19-16(18)14(10)15(17)13-8-11-4-2-3-5-12(11)9-13/h2-7,13,15H,8-9,17H2,1H3,(H2,18,19). The molecular formula is C16H19N3. The Balaban J connectivity index is 1.89. The van der Waals surface area contributed by atoms with Gasteiger partial charge in [-0.05, 0) is 48.4 Å². The van der Waals surface area contributed by atoms with Gasteiger partial charge in [-0.25, -0.2) is 4.98 Å². The number of aromatic nitrogens is 1. The molecule has 1 heterocycles. The van der Waals surface area contributed by atoms with Gasteiger partial charge in [0.1, 0.15) is 5.82 Å². The van der Waals surface area contributed by atoms with E-state index >= 15 is 0 Å². The number of pyridine rings is 1. The quantitative estimate of drug-likeness (QED) is 0.863. The number of rotatable bonds is 2. The van der Waals surface area contributed by atoms with E-state index in [1.165, 1.54) is 11.1 Å². The largest absolute Gasteiger partial charge is 0.383 e. The molecule has 4 N–H and O–H groups in total. The average molecular weight is 253 g/mol. The van der Waals surface area contributed by atoms with Crippen molar-refractivity contribution in [1.29, 1.82) is 0 Å². The highest BCUT2D eigenvalue weighted by Crippen LogP contribution is 2.36. The predicted molar refractivity (Wildman–Crippen MR) is 77.7 cm³/mol. The number of nitrogens with two attached hydrogens (primary N) is 2. The summed E-state index contributed by atoms with van der Waals surface area (Å²) in [5.74, 6) is 0.992. The van der Waals surface area contributed by atoms with Gasteiger partial charge in [0.15, 0.2) is 0 Å². The van der Waals surface area contributed by atoms with Crippen LogP contribution in [0.1, 0.15) is 28.3 Å². The fourth-order valence-electron chi connectivity index (χ4n) is 3.11. The maximum atomic E-state index is 6.46. The van der Waals surface area contributed by atoms with Crippen LogP contribution >= 0.6 is 0 Å². The Hall–Kier alpha value is -1.87. The zero-order valence-corrected chi connectivity index (χ0v) is 11.1. The molecule has 0 saturated carbocycles. The van der Waals surface area contributed by atoms with E-state index in [4.69, 9.17) is 11.5 Å². The molecule has 0 fully saturated rings. The highest BCUT2D eigenvalue weighted by Gasteiger charge is 2.29. The number of benzene rings is 1. The maximum Gasteiger partial charge on any atom is 0.128 e. The molecule has 0 bridgehead atoms. The van der Waals surface area contributed by atoms with E-state index in [0.717, 1.165) is 24.0 Å². The fourth-order valence-corrected chi connectivity index (χ4v) is 3.11. The lowest BCUT2D eigenvalue weighted by Crippen LogP contribution is -2.24. The van der Waals surface area contributed by atoms with Crippen molar-refractivity contribution in [2.75, 3.05) is 5.73 Å². The van der Waals surface area contributed by atoms with Gasteiger partial charge in [-0.3, -0.25) is 0 Å². The summed E-state index contributed by atoms with van der Waals surface area (Å²) < 4.78 is 0. The molecule has 1 aromatic heterocycles. The van der Waals surface area contributed by atoms with E-state index in [1.54, 1.807) is 6.20 Å². The van der Waals surface area contributed by atoms with Gasteiger partial charge in [0.05, 0.1) is 0 Å². The number of fused-ring (bicyclic) bond motifs is 1. The van der Waals surface area contributed by atoms with E-state index in [-0.39, 0.29) is 6.04 Å². The molecule has 0 aliphatic heterocycles. The van der Waals surface area contributed by atoms with E-state index in [9.17, 15) is 0 Å². The van der Waals surface area contributed by atoms with Crippen LogP contribution in [0.25, 0.3) is 0 Å². The fraction of sp³-hybridized carbons (Fsp3) is 0.312. The van der Waals surface area contributed by atoms with Crippen molar-refractivity contribution < 1.29 is 0 Å². The molecule has 1 aliphatic rings. The molecule has 0 spiro atoms. The lowest BCUT2D eigenvalue weighted by molar-refractivity contribution is 0.452. The third kappa shape index (κ3) is 2.10. The van der Waals surface area contributed by atoms with Gasteiger partial charge in [0.25, 0.3) is 0 Å². The van der Waals surface area contributed by atoms with Crippen LogP contribution in [0, 0.1) is 12.8 Å². The van der Waals surface area contributed by atoms with E-state index in [1.807, 2.05) is 6.07 Å². The third-order valence-corrected chi connectivity index (χ3v) is 4.16. The smallest absolute Gasteiger partial charge is 0.128 e. The van der Waals surface area contributed by atoms with Crippen LogP contribution in [0.15, 0.2) is 36.5 Å². The van der Waals surface area contributed by atoms with Crippen LogP contribution < -0.4 is 11.5 Å². The Labute approximate surface area is 113 Å². The van der Waals surface area contributed by atoms with Crippen LogP contribution in [0.3, 0.4) is 0 Å². The molecule has 2 aromatic rings. The van der Waals surface area contributed by atoms with Crippen LogP contribution in [0.5, 0.6) is 0 Å². The zero-order valence-electron chi connectivity index (χ0n) is 11.1. The van der Waals surface area contributed by atoms with Gasteiger partial charge in [-0.2, -0.15) is 0 Å².